The fraction of sp³-hybridized carbons (Fsp3) is 0.800. The van der Waals surface area contributed by atoms with Gasteiger partial charge in [0.1, 0.15) is 0 Å². The van der Waals surface area contributed by atoms with E-state index < -0.39 is 11.9 Å². The number of methoxy groups -OCH3 is 1. The molecule has 3 unspecified atom stereocenters. The molecule has 2 rings (SSSR count). The number of fused-ring (bicyclic) bond motifs is 1. The summed E-state index contributed by atoms with van der Waals surface area (Å²) in [5.41, 5.74) is 0. The minimum atomic E-state index is -0.815. The Morgan fingerprint density at radius 2 is 2.07 bits per heavy atom. The van der Waals surface area contributed by atoms with Crippen LogP contribution in [-0.4, -0.2) is 48.2 Å². The average Bonchev–Trinajstić information content (AvgIpc) is 2.79. The molecule has 1 saturated heterocycles. The molecule has 3 atom stereocenters. The van der Waals surface area contributed by atoms with Crippen molar-refractivity contribution >= 4 is 11.9 Å². The molecular weight excluding hydrogens is 198 g/mol. The molecule has 0 spiro atoms. The van der Waals surface area contributed by atoms with Crippen LogP contribution in [0, 0.1) is 11.8 Å². The van der Waals surface area contributed by atoms with Crippen LogP contribution in [0.15, 0.2) is 0 Å². The van der Waals surface area contributed by atoms with Crippen LogP contribution in [0.5, 0.6) is 0 Å². The van der Waals surface area contributed by atoms with Crippen molar-refractivity contribution in [3.63, 3.8) is 0 Å². The summed E-state index contributed by atoms with van der Waals surface area (Å²) < 4.78 is 4.38. The first-order chi connectivity index (χ1) is 7.13. The van der Waals surface area contributed by atoms with Crippen molar-refractivity contribution in [1.29, 1.82) is 0 Å². The Hall–Kier alpha value is -1.10. The highest BCUT2D eigenvalue weighted by Crippen LogP contribution is 2.37. The molecular formula is C10H15NO4. The highest BCUT2D eigenvalue weighted by molar-refractivity contribution is 6.32. The van der Waals surface area contributed by atoms with E-state index in [1.165, 1.54) is 12.0 Å². The number of rotatable bonds is 0. The third kappa shape index (κ3) is 1.71. The molecule has 84 valence electrons. The van der Waals surface area contributed by atoms with Crippen molar-refractivity contribution in [2.45, 2.75) is 18.9 Å². The van der Waals surface area contributed by atoms with Crippen LogP contribution in [0.3, 0.4) is 0 Å². The smallest absolute Gasteiger partial charge is 0.396 e. The van der Waals surface area contributed by atoms with E-state index in [4.69, 9.17) is 0 Å². The summed E-state index contributed by atoms with van der Waals surface area (Å²) in [6.45, 7) is 1.06. The summed E-state index contributed by atoms with van der Waals surface area (Å²) in [6, 6.07) is 0. The van der Waals surface area contributed by atoms with Gasteiger partial charge >= 0.3 is 11.9 Å². The van der Waals surface area contributed by atoms with Gasteiger partial charge in [-0.15, -0.1) is 0 Å². The van der Waals surface area contributed by atoms with Gasteiger partial charge in [-0.2, -0.15) is 0 Å². The minimum Gasteiger partial charge on any atom is -0.462 e. The molecule has 1 saturated carbocycles. The third-order valence-electron chi connectivity index (χ3n) is 3.47. The average molecular weight is 213 g/mol. The Balaban J connectivity index is 1.99. The van der Waals surface area contributed by atoms with Gasteiger partial charge in [0.15, 0.2) is 0 Å². The minimum absolute atomic E-state index is 0.151. The molecule has 0 aromatic carbocycles. The lowest BCUT2D eigenvalue weighted by atomic mass is 10.00. The van der Waals surface area contributed by atoms with E-state index >= 15 is 0 Å². The van der Waals surface area contributed by atoms with Gasteiger partial charge < -0.3 is 14.7 Å². The summed E-state index contributed by atoms with van der Waals surface area (Å²) in [5, 5.41) is 9.64. The SMILES string of the molecule is COC(=O)C(=O)N1CC2CCC(O)C2C1. The summed E-state index contributed by atoms with van der Waals surface area (Å²) in [6.07, 6.45) is 1.44. The predicted octanol–water partition coefficient (Wildman–Crippen LogP) is -0.611. The van der Waals surface area contributed by atoms with Crippen molar-refractivity contribution in [3.8, 4) is 0 Å². The Morgan fingerprint density at radius 3 is 2.67 bits per heavy atom. The Morgan fingerprint density at radius 1 is 1.33 bits per heavy atom. The molecule has 0 aromatic rings. The van der Waals surface area contributed by atoms with E-state index in [2.05, 4.69) is 4.74 Å². The van der Waals surface area contributed by atoms with Crippen LogP contribution in [0.1, 0.15) is 12.8 Å². The molecule has 0 aromatic heterocycles. The normalized spacial score (nSPS) is 34.0. The maximum absolute atomic E-state index is 11.5. The number of aliphatic hydroxyl groups excluding tert-OH is 1. The van der Waals surface area contributed by atoms with Crippen LogP contribution >= 0.6 is 0 Å². The lowest BCUT2D eigenvalue weighted by Crippen LogP contribution is -2.36. The molecule has 1 aliphatic heterocycles. The van der Waals surface area contributed by atoms with Gasteiger partial charge in [-0.1, -0.05) is 0 Å². The first-order valence-electron chi connectivity index (χ1n) is 5.18. The van der Waals surface area contributed by atoms with E-state index in [1.807, 2.05) is 0 Å². The van der Waals surface area contributed by atoms with E-state index in [0.29, 0.717) is 19.0 Å². The fourth-order valence-electron chi connectivity index (χ4n) is 2.62. The first-order valence-corrected chi connectivity index (χ1v) is 5.18. The number of likely N-dealkylation sites (tertiary alicyclic amines) is 1. The molecule has 1 amide bonds. The predicted molar refractivity (Wildman–Crippen MR) is 50.8 cm³/mol. The second-order valence-corrected chi connectivity index (χ2v) is 4.27. The number of ether oxygens (including phenoxy) is 1. The van der Waals surface area contributed by atoms with Crippen LogP contribution in [-0.2, 0) is 14.3 Å². The van der Waals surface area contributed by atoms with Gasteiger partial charge in [-0.05, 0) is 18.8 Å². The summed E-state index contributed by atoms with van der Waals surface area (Å²) >= 11 is 0. The van der Waals surface area contributed by atoms with Gasteiger partial charge in [0.2, 0.25) is 0 Å². The molecule has 5 heteroatoms. The number of carbonyl (C=O) groups excluding carboxylic acids is 2. The first kappa shape index (κ1) is 10.4. The maximum Gasteiger partial charge on any atom is 0.396 e. The number of esters is 1. The second-order valence-electron chi connectivity index (χ2n) is 4.27. The number of hydrogen-bond acceptors (Lipinski definition) is 4. The zero-order valence-electron chi connectivity index (χ0n) is 8.68. The van der Waals surface area contributed by atoms with E-state index in [9.17, 15) is 14.7 Å². The van der Waals surface area contributed by atoms with Gasteiger partial charge in [-0.3, -0.25) is 4.79 Å². The molecule has 0 radical (unpaired) electrons. The van der Waals surface area contributed by atoms with Crippen molar-refractivity contribution < 1.29 is 19.4 Å². The molecule has 2 fully saturated rings. The fourth-order valence-corrected chi connectivity index (χ4v) is 2.62. The number of aliphatic hydroxyl groups is 1. The molecule has 1 N–H and O–H groups in total. The monoisotopic (exact) mass is 213 g/mol. The molecule has 1 aliphatic carbocycles. The highest BCUT2D eigenvalue weighted by atomic mass is 16.5. The number of amides is 1. The quantitative estimate of drug-likeness (QED) is 0.430. The topological polar surface area (TPSA) is 66.8 Å². The summed E-state index contributed by atoms with van der Waals surface area (Å²) in [7, 11) is 1.20. The van der Waals surface area contributed by atoms with Crippen LogP contribution < -0.4 is 0 Å². The second kappa shape index (κ2) is 3.81. The standard InChI is InChI=1S/C10H15NO4/c1-15-10(14)9(13)11-4-6-2-3-8(12)7(6)5-11/h6-8,12H,2-5H2,1H3. The number of carbonyl (C=O) groups is 2. The molecule has 1 heterocycles. The van der Waals surface area contributed by atoms with Crippen LogP contribution in [0.2, 0.25) is 0 Å². The highest BCUT2D eigenvalue weighted by Gasteiger charge is 2.44. The summed E-state index contributed by atoms with van der Waals surface area (Å²) in [5.74, 6) is -0.893. The Kier molecular flexibility index (Phi) is 2.65. The number of nitrogens with zero attached hydrogens (tertiary/aromatic N) is 1. The van der Waals surface area contributed by atoms with Gasteiger partial charge in [0.25, 0.3) is 0 Å². The largest absolute Gasteiger partial charge is 0.462 e. The molecule has 5 nitrogen and oxygen atoms in total. The Labute approximate surface area is 88.0 Å². The maximum atomic E-state index is 11.5. The third-order valence-corrected chi connectivity index (χ3v) is 3.47. The van der Waals surface area contributed by atoms with E-state index in [1.54, 1.807) is 0 Å². The van der Waals surface area contributed by atoms with Gasteiger partial charge in [0, 0.05) is 19.0 Å². The van der Waals surface area contributed by atoms with Gasteiger partial charge in [0.05, 0.1) is 13.2 Å². The van der Waals surface area contributed by atoms with Crippen molar-refractivity contribution in [2.24, 2.45) is 11.8 Å². The van der Waals surface area contributed by atoms with Crippen LogP contribution in [0.25, 0.3) is 0 Å². The van der Waals surface area contributed by atoms with Crippen molar-refractivity contribution in [3.05, 3.63) is 0 Å². The van der Waals surface area contributed by atoms with Crippen LogP contribution in [0.4, 0.5) is 0 Å². The summed E-state index contributed by atoms with van der Waals surface area (Å²) in [4.78, 5) is 24.0. The molecule has 0 bridgehead atoms. The Bertz CT molecular complexity index is 291. The van der Waals surface area contributed by atoms with Crippen molar-refractivity contribution in [1.82, 2.24) is 4.90 Å². The number of hydrogen-bond donors (Lipinski definition) is 1. The zero-order chi connectivity index (χ0) is 11.0. The van der Waals surface area contributed by atoms with Gasteiger partial charge in [-0.25, -0.2) is 4.79 Å². The molecule has 15 heavy (non-hydrogen) atoms. The van der Waals surface area contributed by atoms with E-state index in [-0.39, 0.29) is 12.0 Å². The lowest BCUT2D eigenvalue weighted by molar-refractivity contribution is -0.157. The molecule has 2 aliphatic rings. The zero-order valence-corrected chi connectivity index (χ0v) is 8.68. The lowest BCUT2D eigenvalue weighted by Gasteiger charge is -2.16. The van der Waals surface area contributed by atoms with Crippen molar-refractivity contribution in [2.75, 3.05) is 20.2 Å². The van der Waals surface area contributed by atoms with E-state index in [0.717, 1.165) is 12.8 Å².